The van der Waals surface area contributed by atoms with Crippen molar-refractivity contribution in [2.75, 3.05) is 26.3 Å². The molecule has 2 unspecified atom stereocenters. The molecule has 0 saturated carbocycles. The fourth-order valence-electron chi connectivity index (χ4n) is 0.946. The Hall–Kier alpha value is -0.160. The second-order valence-corrected chi connectivity index (χ2v) is 3.78. The first-order valence-corrected chi connectivity index (χ1v) is 5.22. The standard InChI is InChI=1S/C10H23NO3/c1-4-14-7-9(12)5-11-6-10(13)8(2)3/h8-13H,4-7H2,1-3H3. The van der Waals surface area contributed by atoms with Crippen molar-refractivity contribution in [3.05, 3.63) is 0 Å². The third-order valence-corrected chi connectivity index (χ3v) is 2.02. The average molecular weight is 205 g/mol. The number of rotatable bonds is 8. The molecular formula is C10H23NO3. The molecule has 0 saturated heterocycles. The Morgan fingerprint density at radius 3 is 2.36 bits per heavy atom. The van der Waals surface area contributed by atoms with Crippen LogP contribution in [0, 0.1) is 5.92 Å². The van der Waals surface area contributed by atoms with Gasteiger partial charge in [-0.1, -0.05) is 13.8 Å². The molecule has 14 heavy (non-hydrogen) atoms. The summed E-state index contributed by atoms with van der Waals surface area (Å²) < 4.78 is 5.05. The quantitative estimate of drug-likeness (QED) is 0.521. The van der Waals surface area contributed by atoms with Crippen LogP contribution in [-0.4, -0.2) is 48.7 Å². The van der Waals surface area contributed by atoms with Crippen LogP contribution in [0.1, 0.15) is 20.8 Å². The lowest BCUT2D eigenvalue weighted by molar-refractivity contribution is 0.0395. The van der Waals surface area contributed by atoms with Crippen LogP contribution >= 0.6 is 0 Å². The van der Waals surface area contributed by atoms with E-state index in [0.29, 0.717) is 26.3 Å². The van der Waals surface area contributed by atoms with Gasteiger partial charge in [-0.15, -0.1) is 0 Å². The maximum Gasteiger partial charge on any atom is 0.0897 e. The highest BCUT2D eigenvalue weighted by molar-refractivity contribution is 4.65. The lowest BCUT2D eigenvalue weighted by atomic mass is 10.1. The number of hydrogen-bond acceptors (Lipinski definition) is 4. The largest absolute Gasteiger partial charge is 0.392 e. The normalized spacial score (nSPS) is 15.9. The molecule has 0 radical (unpaired) electrons. The molecule has 0 aromatic heterocycles. The first-order valence-electron chi connectivity index (χ1n) is 5.22. The van der Waals surface area contributed by atoms with Crippen LogP contribution in [0.4, 0.5) is 0 Å². The van der Waals surface area contributed by atoms with Crippen LogP contribution in [0.5, 0.6) is 0 Å². The van der Waals surface area contributed by atoms with Crippen LogP contribution in [0.25, 0.3) is 0 Å². The average Bonchev–Trinajstić information content (AvgIpc) is 2.14. The minimum absolute atomic E-state index is 0.242. The summed E-state index contributed by atoms with van der Waals surface area (Å²) >= 11 is 0. The van der Waals surface area contributed by atoms with Gasteiger partial charge in [0.2, 0.25) is 0 Å². The molecule has 0 heterocycles. The highest BCUT2D eigenvalue weighted by Crippen LogP contribution is 1.98. The van der Waals surface area contributed by atoms with Gasteiger partial charge < -0.3 is 20.3 Å². The number of ether oxygens (including phenoxy) is 1. The molecule has 0 rings (SSSR count). The molecule has 0 fully saturated rings. The molecule has 3 N–H and O–H groups in total. The van der Waals surface area contributed by atoms with Crippen LogP contribution in [-0.2, 0) is 4.74 Å². The van der Waals surface area contributed by atoms with Gasteiger partial charge in [0.1, 0.15) is 0 Å². The number of nitrogens with one attached hydrogen (secondary N) is 1. The summed E-state index contributed by atoms with van der Waals surface area (Å²) in [6.45, 7) is 7.76. The Bertz CT molecular complexity index is 131. The summed E-state index contributed by atoms with van der Waals surface area (Å²) in [7, 11) is 0. The molecule has 0 spiro atoms. The Morgan fingerprint density at radius 1 is 1.21 bits per heavy atom. The molecular weight excluding hydrogens is 182 g/mol. The van der Waals surface area contributed by atoms with E-state index in [1.54, 1.807) is 0 Å². The van der Waals surface area contributed by atoms with Crippen molar-refractivity contribution in [3.63, 3.8) is 0 Å². The fraction of sp³-hybridized carbons (Fsp3) is 1.00. The summed E-state index contributed by atoms with van der Waals surface area (Å²) in [6.07, 6.45) is -0.844. The van der Waals surface area contributed by atoms with Crippen molar-refractivity contribution in [1.82, 2.24) is 5.32 Å². The summed E-state index contributed by atoms with van der Waals surface area (Å²) in [5, 5.41) is 21.8. The second-order valence-electron chi connectivity index (χ2n) is 3.78. The van der Waals surface area contributed by atoms with Crippen molar-refractivity contribution >= 4 is 0 Å². The molecule has 4 heteroatoms. The van der Waals surface area contributed by atoms with E-state index in [1.807, 2.05) is 20.8 Å². The van der Waals surface area contributed by atoms with Gasteiger partial charge in [0.05, 0.1) is 18.8 Å². The monoisotopic (exact) mass is 205 g/mol. The van der Waals surface area contributed by atoms with E-state index in [-0.39, 0.29) is 12.0 Å². The SMILES string of the molecule is CCOCC(O)CNCC(O)C(C)C. The van der Waals surface area contributed by atoms with E-state index in [1.165, 1.54) is 0 Å². The van der Waals surface area contributed by atoms with Crippen LogP contribution in [0.3, 0.4) is 0 Å². The molecule has 0 aliphatic heterocycles. The van der Waals surface area contributed by atoms with Crippen molar-refractivity contribution in [2.24, 2.45) is 5.92 Å². The maximum absolute atomic E-state index is 9.44. The third-order valence-electron chi connectivity index (χ3n) is 2.02. The lowest BCUT2D eigenvalue weighted by Gasteiger charge is -2.17. The Morgan fingerprint density at radius 2 is 1.86 bits per heavy atom. The lowest BCUT2D eigenvalue weighted by Crippen LogP contribution is -2.37. The molecule has 0 amide bonds. The third kappa shape index (κ3) is 7.26. The van der Waals surface area contributed by atoms with E-state index in [2.05, 4.69) is 5.32 Å². The van der Waals surface area contributed by atoms with Crippen molar-refractivity contribution in [3.8, 4) is 0 Å². The highest BCUT2D eigenvalue weighted by Gasteiger charge is 2.09. The molecule has 4 nitrogen and oxygen atoms in total. The zero-order valence-electron chi connectivity index (χ0n) is 9.36. The van der Waals surface area contributed by atoms with Crippen molar-refractivity contribution < 1.29 is 14.9 Å². The molecule has 0 bridgehead atoms. The van der Waals surface area contributed by atoms with E-state index >= 15 is 0 Å². The predicted octanol–water partition coefficient (Wildman–Crippen LogP) is -0.00970. The molecule has 0 aromatic rings. The summed E-state index contributed by atoms with van der Waals surface area (Å²) in [5.41, 5.74) is 0. The zero-order valence-corrected chi connectivity index (χ0v) is 9.36. The van der Waals surface area contributed by atoms with Gasteiger partial charge in [-0.05, 0) is 12.8 Å². The second kappa shape index (κ2) is 8.17. The molecule has 2 atom stereocenters. The van der Waals surface area contributed by atoms with Gasteiger partial charge in [-0.3, -0.25) is 0 Å². The van der Waals surface area contributed by atoms with Crippen molar-refractivity contribution in [1.29, 1.82) is 0 Å². The molecule has 0 aliphatic carbocycles. The highest BCUT2D eigenvalue weighted by atomic mass is 16.5. The summed E-state index contributed by atoms with van der Waals surface area (Å²) in [4.78, 5) is 0. The molecule has 0 aliphatic rings. The maximum atomic E-state index is 9.44. The fourth-order valence-corrected chi connectivity index (χ4v) is 0.946. The minimum atomic E-state index is -0.491. The number of aliphatic hydroxyl groups excluding tert-OH is 2. The first kappa shape index (κ1) is 13.8. The van der Waals surface area contributed by atoms with E-state index in [9.17, 15) is 10.2 Å². The number of hydrogen-bond donors (Lipinski definition) is 3. The van der Waals surface area contributed by atoms with Gasteiger partial charge in [0.15, 0.2) is 0 Å². The number of aliphatic hydroxyl groups is 2. The van der Waals surface area contributed by atoms with Gasteiger partial charge in [0, 0.05) is 19.7 Å². The van der Waals surface area contributed by atoms with Gasteiger partial charge >= 0.3 is 0 Å². The van der Waals surface area contributed by atoms with Gasteiger partial charge in [-0.25, -0.2) is 0 Å². The molecule has 86 valence electrons. The van der Waals surface area contributed by atoms with Crippen LogP contribution < -0.4 is 5.32 Å². The smallest absolute Gasteiger partial charge is 0.0897 e. The van der Waals surface area contributed by atoms with Crippen LogP contribution in [0.2, 0.25) is 0 Å². The Balaban J connectivity index is 3.34. The first-order chi connectivity index (χ1) is 6.57. The zero-order chi connectivity index (χ0) is 11.0. The summed E-state index contributed by atoms with van der Waals surface area (Å²) in [6, 6.07) is 0. The van der Waals surface area contributed by atoms with Crippen molar-refractivity contribution in [2.45, 2.75) is 33.0 Å². The Labute approximate surface area is 86.3 Å². The molecule has 0 aromatic carbocycles. The van der Waals surface area contributed by atoms with Gasteiger partial charge in [0.25, 0.3) is 0 Å². The predicted molar refractivity (Wildman–Crippen MR) is 56.2 cm³/mol. The van der Waals surface area contributed by atoms with E-state index in [4.69, 9.17) is 4.74 Å². The van der Waals surface area contributed by atoms with E-state index < -0.39 is 6.10 Å². The minimum Gasteiger partial charge on any atom is -0.392 e. The van der Waals surface area contributed by atoms with E-state index in [0.717, 1.165) is 0 Å². The van der Waals surface area contributed by atoms with Gasteiger partial charge in [-0.2, -0.15) is 0 Å². The topological polar surface area (TPSA) is 61.7 Å². The Kier molecular flexibility index (Phi) is 8.08. The summed E-state index contributed by atoms with van der Waals surface area (Å²) in [5.74, 6) is 0.242. The van der Waals surface area contributed by atoms with Crippen LogP contribution in [0.15, 0.2) is 0 Å².